The molecule has 0 amide bonds. The first-order valence-corrected chi connectivity index (χ1v) is 6.97. The van der Waals surface area contributed by atoms with Gasteiger partial charge in [0.05, 0.1) is 12.3 Å². The Morgan fingerprint density at radius 3 is 2.53 bits per heavy atom. The van der Waals surface area contributed by atoms with Crippen LogP contribution in [0.4, 0.5) is 0 Å². The topological polar surface area (TPSA) is 25.2 Å². The molecule has 0 saturated heterocycles. The number of hydrogen-bond acceptors (Lipinski definition) is 2. The van der Waals surface area contributed by atoms with Gasteiger partial charge in [-0.3, -0.25) is 0 Å². The van der Waals surface area contributed by atoms with E-state index in [2.05, 4.69) is 32.3 Å². The van der Waals surface area contributed by atoms with Gasteiger partial charge in [-0.05, 0) is 50.3 Å². The van der Waals surface area contributed by atoms with Gasteiger partial charge in [0.2, 0.25) is 0 Å². The molecule has 1 aromatic heterocycles. The van der Waals surface area contributed by atoms with E-state index in [1.165, 1.54) is 37.7 Å². The SMILES string of the molecule is CCC1CCC(C(NC)c2occc2C)CC1. The third-order valence-corrected chi connectivity index (χ3v) is 4.44. The molecule has 0 bridgehead atoms. The minimum absolute atomic E-state index is 0.405. The monoisotopic (exact) mass is 235 g/mol. The van der Waals surface area contributed by atoms with Crippen molar-refractivity contribution < 1.29 is 4.42 Å². The summed E-state index contributed by atoms with van der Waals surface area (Å²) in [4.78, 5) is 0. The molecule has 2 heteroatoms. The molecule has 1 unspecified atom stereocenters. The molecule has 0 radical (unpaired) electrons. The number of rotatable bonds is 4. The quantitative estimate of drug-likeness (QED) is 0.851. The second-order valence-electron chi connectivity index (χ2n) is 5.42. The Hall–Kier alpha value is -0.760. The van der Waals surface area contributed by atoms with Crippen LogP contribution in [0, 0.1) is 18.8 Å². The van der Waals surface area contributed by atoms with E-state index in [0.29, 0.717) is 6.04 Å². The molecule has 0 aromatic carbocycles. The van der Waals surface area contributed by atoms with Crippen molar-refractivity contribution in [2.45, 2.75) is 52.0 Å². The predicted molar refractivity (Wildman–Crippen MR) is 71.0 cm³/mol. The normalized spacial score (nSPS) is 27.0. The van der Waals surface area contributed by atoms with E-state index in [0.717, 1.165) is 17.6 Å². The van der Waals surface area contributed by atoms with Gasteiger partial charge in [0.25, 0.3) is 0 Å². The molecule has 1 heterocycles. The summed E-state index contributed by atoms with van der Waals surface area (Å²) in [6.45, 7) is 4.46. The average Bonchev–Trinajstić information content (AvgIpc) is 2.78. The van der Waals surface area contributed by atoms with E-state index in [-0.39, 0.29) is 0 Å². The van der Waals surface area contributed by atoms with Crippen LogP contribution in [0.15, 0.2) is 16.7 Å². The summed E-state index contributed by atoms with van der Waals surface area (Å²) < 4.78 is 5.66. The maximum Gasteiger partial charge on any atom is 0.123 e. The molecule has 0 spiro atoms. The van der Waals surface area contributed by atoms with E-state index in [4.69, 9.17) is 4.42 Å². The maximum absolute atomic E-state index is 5.66. The summed E-state index contributed by atoms with van der Waals surface area (Å²) in [6.07, 6.45) is 8.61. The van der Waals surface area contributed by atoms with Crippen molar-refractivity contribution in [1.29, 1.82) is 0 Å². The Kier molecular flexibility index (Phi) is 4.27. The van der Waals surface area contributed by atoms with Gasteiger partial charge in [0, 0.05) is 0 Å². The van der Waals surface area contributed by atoms with Crippen molar-refractivity contribution in [2.24, 2.45) is 11.8 Å². The molecular weight excluding hydrogens is 210 g/mol. The number of furan rings is 1. The van der Waals surface area contributed by atoms with Crippen molar-refractivity contribution in [3.05, 3.63) is 23.7 Å². The van der Waals surface area contributed by atoms with Crippen molar-refractivity contribution in [3.63, 3.8) is 0 Å². The fourth-order valence-electron chi connectivity index (χ4n) is 3.21. The van der Waals surface area contributed by atoms with Crippen molar-refractivity contribution in [3.8, 4) is 0 Å². The standard InChI is InChI=1S/C15H25NO/c1-4-12-5-7-13(8-6-12)14(16-3)15-11(2)9-10-17-15/h9-10,12-14,16H,4-8H2,1-3H3. The van der Waals surface area contributed by atoms with Gasteiger partial charge in [-0.25, -0.2) is 0 Å². The highest BCUT2D eigenvalue weighted by atomic mass is 16.3. The molecule has 0 aliphatic heterocycles. The van der Waals surface area contributed by atoms with E-state index in [1.54, 1.807) is 0 Å². The summed E-state index contributed by atoms with van der Waals surface area (Å²) >= 11 is 0. The molecule has 1 aliphatic rings. The fourth-order valence-corrected chi connectivity index (χ4v) is 3.21. The third kappa shape index (κ3) is 2.74. The molecule has 17 heavy (non-hydrogen) atoms. The number of aryl methyl sites for hydroxylation is 1. The van der Waals surface area contributed by atoms with Gasteiger partial charge < -0.3 is 9.73 Å². The first-order valence-electron chi connectivity index (χ1n) is 6.97. The second kappa shape index (κ2) is 5.72. The smallest absolute Gasteiger partial charge is 0.123 e. The van der Waals surface area contributed by atoms with Crippen molar-refractivity contribution in [2.75, 3.05) is 7.05 Å². The highest BCUT2D eigenvalue weighted by Crippen LogP contribution is 2.38. The summed E-state index contributed by atoms with van der Waals surface area (Å²) in [7, 11) is 2.05. The van der Waals surface area contributed by atoms with Crippen LogP contribution >= 0.6 is 0 Å². The van der Waals surface area contributed by atoms with Gasteiger partial charge in [-0.2, -0.15) is 0 Å². The average molecular weight is 235 g/mol. The van der Waals surface area contributed by atoms with E-state index in [9.17, 15) is 0 Å². The largest absolute Gasteiger partial charge is 0.467 e. The van der Waals surface area contributed by atoms with E-state index < -0.39 is 0 Å². The zero-order valence-electron chi connectivity index (χ0n) is 11.3. The summed E-state index contributed by atoms with van der Waals surface area (Å²) in [5.74, 6) is 2.85. The summed E-state index contributed by atoms with van der Waals surface area (Å²) in [5.41, 5.74) is 1.28. The summed E-state index contributed by atoms with van der Waals surface area (Å²) in [6, 6.07) is 2.47. The van der Waals surface area contributed by atoms with Crippen LogP contribution in [0.5, 0.6) is 0 Å². The number of hydrogen-bond donors (Lipinski definition) is 1. The van der Waals surface area contributed by atoms with Gasteiger partial charge in [-0.15, -0.1) is 0 Å². The zero-order chi connectivity index (χ0) is 12.3. The van der Waals surface area contributed by atoms with Crippen LogP contribution in [0.3, 0.4) is 0 Å². The minimum atomic E-state index is 0.405. The van der Waals surface area contributed by atoms with Crippen molar-refractivity contribution >= 4 is 0 Å². The Balaban J connectivity index is 2.03. The van der Waals surface area contributed by atoms with E-state index in [1.807, 2.05) is 6.26 Å². The Morgan fingerprint density at radius 1 is 1.35 bits per heavy atom. The Morgan fingerprint density at radius 2 is 2.06 bits per heavy atom. The third-order valence-electron chi connectivity index (χ3n) is 4.44. The maximum atomic E-state index is 5.66. The van der Waals surface area contributed by atoms with E-state index >= 15 is 0 Å². The van der Waals surface area contributed by atoms with Crippen LogP contribution in [-0.2, 0) is 0 Å². The second-order valence-corrected chi connectivity index (χ2v) is 5.42. The minimum Gasteiger partial charge on any atom is -0.467 e. The Bertz CT molecular complexity index is 336. The molecule has 2 rings (SSSR count). The van der Waals surface area contributed by atoms with Crippen LogP contribution in [0.25, 0.3) is 0 Å². The van der Waals surface area contributed by atoms with Gasteiger partial charge in [0.15, 0.2) is 0 Å². The lowest BCUT2D eigenvalue weighted by Crippen LogP contribution is -2.28. The molecule has 1 fully saturated rings. The van der Waals surface area contributed by atoms with Crippen molar-refractivity contribution in [1.82, 2.24) is 5.32 Å². The van der Waals surface area contributed by atoms with Crippen LogP contribution in [-0.4, -0.2) is 7.05 Å². The molecule has 1 atom stereocenters. The number of nitrogens with one attached hydrogen (secondary N) is 1. The predicted octanol–water partition coefficient (Wildman–Crippen LogP) is 4.06. The molecular formula is C15H25NO. The molecule has 1 N–H and O–H groups in total. The van der Waals surface area contributed by atoms with Crippen LogP contribution < -0.4 is 5.32 Å². The van der Waals surface area contributed by atoms with Crippen LogP contribution in [0.2, 0.25) is 0 Å². The van der Waals surface area contributed by atoms with Gasteiger partial charge in [-0.1, -0.05) is 26.2 Å². The molecule has 1 aromatic rings. The highest BCUT2D eigenvalue weighted by Gasteiger charge is 2.29. The molecule has 96 valence electrons. The lowest BCUT2D eigenvalue weighted by molar-refractivity contribution is 0.207. The highest BCUT2D eigenvalue weighted by molar-refractivity contribution is 5.19. The van der Waals surface area contributed by atoms with Gasteiger partial charge in [0.1, 0.15) is 5.76 Å². The molecule has 1 saturated carbocycles. The molecule has 2 nitrogen and oxygen atoms in total. The fraction of sp³-hybridized carbons (Fsp3) is 0.733. The summed E-state index contributed by atoms with van der Waals surface area (Å²) in [5, 5.41) is 3.45. The Labute approximate surface area is 105 Å². The van der Waals surface area contributed by atoms with Crippen LogP contribution in [0.1, 0.15) is 56.4 Å². The zero-order valence-corrected chi connectivity index (χ0v) is 11.3. The molecule has 1 aliphatic carbocycles. The first kappa shape index (κ1) is 12.7. The lowest BCUT2D eigenvalue weighted by atomic mass is 9.77. The first-order chi connectivity index (χ1) is 8.26. The van der Waals surface area contributed by atoms with Gasteiger partial charge >= 0.3 is 0 Å². The lowest BCUT2D eigenvalue weighted by Gasteiger charge is -2.32.